The molecule has 8 nitrogen and oxygen atoms in total. The molecule has 0 aliphatic heterocycles. The minimum absolute atomic E-state index is 0.00972. The first-order valence-electron chi connectivity index (χ1n) is 10.9. The van der Waals surface area contributed by atoms with Crippen LogP contribution < -0.4 is 15.4 Å². The topological polar surface area (TPSA) is 86.0 Å². The Bertz CT molecular complexity index is 1530. The van der Waals surface area contributed by atoms with Crippen molar-refractivity contribution in [2.45, 2.75) is 0 Å². The summed E-state index contributed by atoms with van der Waals surface area (Å²) in [5, 5.41) is 9.92. The molecule has 0 saturated carbocycles. The smallest absolute Gasteiger partial charge is 0.323 e. The van der Waals surface area contributed by atoms with E-state index in [1.165, 1.54) is 12.1 Å². The average molecular weight is 503 g/mol. The average Bonchev–Trinajstić information content (AvgIpc) is 3.53. The minimum atomic E-state index is -0.634. The fraction of sp³-hybridized carbons (Fsp3) is 0.0385. The number of carbonyl (C=O) groups is 1. The van der Waals surface area contributed by atoms with E-state index < -0.39 is 11.8 Å². The van der Waals surface area contributed by atoms with Gasteiger partial charge in [0, 0.05) is 71.6 Å². The lowest BCUT2D eigenvalue weighted by molar-refractivity contribution is 0.262. The molecule has 0 atom stereocenters. The van der Waals surface area contributed by atoms with E-state index >= 15 is 0 Å². The molecule has 0 radical (unpaired) electrons. The molecule has 2 N–H and O–H groups in total. The Kier molecular flexibility index (Phi) is 6.38. The van der Waals surface area contributed by atoms with E-state index in [0.29, 0.717) is 22.2 Å². The van der Waals surface area contributed by atoms with Gasteiger partial charge in [-0.1, -0.05) is 11.6 Å². The van der Waals surface area contributed by atoms with Crippen molar-refractivity contribution in [3.8, 4) is 28.4 Å². The van der Waals surface area contributed by atoms with E-state index in [2.05, 4.69) is 20.7 Å². The summed E-state index contributed by atoms with van der Waals surface area (Å²) in [6.07, 6.45) is 8.82. The van der Waals surface area contributed by atoms with Gasteiger partial charge in [-0.3, -0.25) is 9.67 Å². The maximum Gasteiger partial charge on any atom is 0.323 e. The second-order valence-electron chi connectivity index (χ2n) is 7.89. The second kappa shape index (κ2) is 9.93. The van der Waals surface area contributed by atoms with Crippen molar-refractivity contribution in [2.75, 3.05) is 10.6 Å². The van der Waals surface area contributed by atoms with Gasteiger partial charge >= 0.3 is 6.03 Å². The number of pyridine rings is 1. The molecule has 0 aliphatic carbocycles. The Morgan fingerprint density at radius 3 is 2.58 bits per heavy atom. The molecule has 0 fully saturated rings. The monoisotopic (exact) mass is 502 g/mol. The number of hydrogen-bond donors (Lipinski definition) is 2. The first-order chi connectivity index (χ1) is 17.4. The number of amides is 2. The molecule has 3 heterocycles. The number of hydrogen-bond acceptors (Lipinski definition) is 4. The summed E-state index contributed by atoms with van der Waals surface area (Å²) in [6, 6.07) is 15.9. The highest BCUT2D eigenvalue weighted by molar-refractivity contribution is 6.31. The summed E-state index contributed by atoms with van der Waals surface area (Å²) in [5.74, 6) is -0.207. The summed E-state index contributed by atoms with van der Waals surface area (Å²) in [4.78, 5) is 16.8. The van der Waals surface area contributed by atoms with Crippen molar-refractivity contribution in [1.29, 1.82) is 0 Å². The summed E-state index contributed by atoms with van der Waals surface area (Å²) >= 11 is 6.20. The van der Waals surface area contributed by atoms with Crippen LogP contribution in [-0.2, 0) is 7.05 Å². The number of aryl methyl sites for hydroxylation is 1. The van der Waals surface area contributed by atoms with Gasteiger partial charge in [-0.2, -0.15) is 5.10 Å². The van der Waals surface area contributed by atoms with Crippen molar-refractivity contribution in [2.24, 2.45) is 7.05 Å². The molecule has 10 heteroatoms. The van der Waals surface area contributed by atoms with Crippen molar-refractivity contribution >= 4 is 29.0 Å². The largest absolute Gasteiger partial charge is 0.454 e. The van der Waals surface area contributed by atoms with E-state index in [-0.39, 0.29) is 11.4 Å². The zero-order valence-electron chi connectivity index (χ0n) is 19.0. The van der Waals surface area contributed by atoms with Gasteiger partial charge in [-0.05, 0) is 48.5 Å². The fourth-order valence-corrected chi connectivity index (χ4v) is 3.80. The van der Waals surface area contributed by atoms with E-state index in [0.717, 1.165) is 11.3 Å². The molecule has 0 saturated heterocycles. The van der Waals surface area contributed by atoms with Gasteiger partial charge < -0.3 is 19.9 Å². The Morgan fingerprint density at radius 2 is 1.83 bits per heavy atom. The summed E-state index contributed by atoms with van der Waals surface area (Å²) in [5.41, 5.74) is 3.01. The lowest BCUT2D eigenvalue weighted by Gasteiger charge is -2.12. The lowest BCUT2D eigenvalue weighted by atomic mass is 10.2. The van der Waals surface area contributed by atoms with Crippen LogP contribution in [0, 0.1) is 5.82 Å². The molecule has 5 aromatic rings. The number of benzene rings is 2. The summed E-state index contributed by atoms with van der Waals surface area (Å²) < 4.78 is 24.0. The highest BCUT2D eigenvalue weighted by atomic mass is 35.5. The Balaban J connectivity index is 1.26. The standard InChI is InChI=1S/C26H20ClFN6O2/c1-33-16-17(15-30-33)24-14-22(6-7-29-24)36-25-5-4-19(13-23(25)28)31-26(35)32-20-10-18(27)11-21(12-20)34-8-2-3-9-34/h2-16H,1H3,(H2,31,32,35). The first-order valence-corrected chi connectivity index (χ1v) is 11.3. The molecule has 36 heavy (non-hydrogen) atoms. The third-order valence-electron chi connectivity index (χ3n) is 5.19. The van der Waals surface area contributed by atoms with Crippen molar-refractivity contribution < 1.29 is 13.9 Å². The van der Waals surface area contributed by atoms with Crippen molar-refractivity contribution in [3.05, 3.63) is 102 Å². The van der Waals surface area contributed by atoms with Crippen LogP contribution in [0.4, 0.5) is 20.6 Å². The Labute approximate surface area is 210 Å². The Morgan fingerprint density at radius 1 is 1.03 bits per heavy atom. The number of aromatic nitrogens is 4. The van der Waals surface area contributed by atoms with E-state index in [9.17, 15) is 9.18 Å². The molecule has 0 aliphatic rings. The normalized spacial score (nSPS) is 10.8. The van der Waals surface area contributed by atoms with Crippen LogP contribution in [0.15, 0.2) is 91.6 Å². The number of nitrogens with zero attached hydrogens (tertiary/aromatic N) is 4. The maximum absolute atomic E-state index is 14.8. The van der Waals surface area contributed by atoms with Gasteiger partial charge in [0.25, 0.3) is 0 Å². The number of carbonyl (C=O) groups excluding carboxylic acids is 1. The van der Waals surface area contributed by atoms with Gasteiger partial charge in [0.2, 0.25) is 0 Å². The number of nitrogens with one attached hydrogen (secondary N) is 2. The SMILES string of the molecule is Cn1cc(-c2cc(Oc3ccc(NC(=O)Nc4cc(Cl)cc(-n5cccc5)c4)cc3F)ccn2)cn1. The zero-order chi connectivity index (χ0) is 25.1. The number of halogens is 2. The maximum atomic E-state index is 14.8. The minimum Gasteiger partial charge on any atom is -0.454 e. The van der Waals surface area contributed by atoms with E-state index in [1.807, 2.05) is 42.3 Å². The number of ether oxygens (including phenoxy) is 1. The quantitative estimate of drug-likeness (QED) is 0.277. The van der Waals surface area contributed by atoms with Crippen LogP contribution in [0.25, 0.3) is 16.9 Å². The lowest BCUT2D eigenvalue weighted by Crippen LogP contribution is -2.19. The van der Waals surface area contributed by atoms with Crippen LogP contribution in [0.5, 0.6) is 11.5 Å². The third kappa shape index (κ3) is 5.37. The summed E-state index contributed by atoms with van der Waals surface area (Å²) in [7, 11) is 1.81. The molecule has 0 bridgehead atoms. The molecule has 180 valence electrons. The predicted molar refractivity (Wildman–Crippen MR) is 136 cm³/mol. The molecule has 0 spiro atoms. The number of urea groups is 1. The van der Waals surface area contributed by atoms with Crippen LogP contribution in [-0.4, -0.2) is 25.4 Å². The Hall–Kier alpha value is -4.63. The van der Waals surface area contributed by atoms with Gasteiger partial charge in [0.15, 0.2) is 11.6 Å². The van der Waals surface area contributed by atoms with Gasteiger partial charge in [0.05, 0.1) is 11.9 Å². The van der Waals surface area contributed by atoms with E-state index in [4.69, 9.17) is 16.3 Å². The zero-order valence-corrected chi connectivity index (χ0v) is 19.8. The number of anilines is 2. The van der Waals surface area contributed by atoms with Crippen molar-refractivity contribution in [3.63, 3.8) is 0 Å². The van der Waals surface area contributed by atoms with Crippen LogP contribution >= 0.6 is 11.6 Å². The summed E-state index contributed by atoms with van der Waals surface area (Å²) in [6.45, 7) is 0. The van der Waals surface area contributed by atoms with Gasteiger partial charge in [0.1, 0.15) is 5.75 Å². The molecular weight excluding hydrogens is 483 g/mol. The van der Waals surface area contributed by atoms with Crippen LogP contribution in [0.2, 0.25) is 5.02 Å². The third-order valence-corrected chi connectivity index (χ3v) is 5.41. The van der Waals surface area contributed by atoms with E-state index in [1.54, 1.807) is 53.5 Å². The molecule has 3 aromatic heterocycles. The molecular formula is C26H20ClFN6O2. The van der Waals surface area contributed by atoms with Crippen LogP contribution in [0.3, 0.4) is 0 Å². The highest BCUT2D eigenvalue weighted by Crippen LogP contribution is 2.29. The predicted octanol–water partition coefficient (Wildman–Crippen LogP) is 6.50. The molecule has 0 unspecified atom stereocenters. The van der Waals surface area contributed by atoms with Crippen molar-refractivity contribution in [1.82, 2.24) is 19.3 Å². The van der Waals surface area contributed by atoms with Crippen LogP contribution in [0.1, 0.15) is 0 Å². The van der Waals surface area contributed by atoms with Gasteiger partial charge in [-0.15, -0.1) is 0 Å². The van der Waals surface area contributed by atoms with Gasteiger partial charge in [-0.25, -0.2) is 9.18 Å². The molecule has 2 aromatic carbocycles. The second-order valence-corrected chi connectivity index (χ2v) is 8.33. The first kappa shape index (κ1) is 23.1. The number of rotatable bonds is 6. The molecule has 5 rings (SSSR count). The molecule has 2 amide bonds. The highest BCUT2D eigenvalue weighted by Gasteiger charge is 2.11. The fourth-order valence-electron chi connectivity index (χ4n) is 3.57.